The Morgan fingerprint density at radius 3 is 2.76 bits per heavy atom. The normalized spacial score (nSPS) is 10.1. The van der Waals surface area contributed by atoms with E-state index in [1.807, 2.05) is 31.7 Å². The zero-order valence-corrected chi connectivity index (χ0v) is 10.7. The Morgan fingerprint density at radius 1 is 1.53 bits per heavy atom. The fourth-order valence-electron chi connectivity index (χ4n) is 1.68. The lowest BCUT2D eigenvalue weighted by atomic mass is 10.2. The van der Waals surface area contributed by atoms with Crippen LogP contribution >= 0.6 is 0 Å². The Morgan fingerprint density at radius 2 is 2.24 bits per heavy atom. The van der Waals surface area contributed by atoms with Crippen molar-refractivity contribution in [3.8, 4) is 0 Å². The molecule has 0 aliphatic carbocycles. The molecule has 0 aromatic carbocycles. The van der Waals surface area contributed by atoms with E-state index in [1.165, 1.54) is 0 Å². The molecule has 1 rings (SSSR count). The number of carbonyl (C=O) groups excluding carboxylic acids is 1. The number of aryl methyl sites for hydroxylation is 1. The first-order chi connectivity index (χ1) is 8.08. The second-order valence-electron chi connectivity index (χ2n) is 3.88. The molecule has 3 N–H and O–H groups in total. The largest absolute Gasteiger partial charge is 0.397 e. The number of anilines is 2. The van der Waals surface area contributed by atoms with E-state index in [1.54, 1.807) is 6.20 Å². The predicted molar refractivity (Wildman–Crippen MR) is 70.0 cm³/mol. The van der Waals surface area contributed by atoms with Gasteiger partial charge in [-0.2, -0.15) is 0 Å². The second-order valence-corrected chi connectivity index (χ2v) is 3.88. The smallest absolute Gasteiger partial charge is 0.239 e. The van der Waals surface area contributed by atoms with Crippen LogP contribution in [-0.4, -0.2) is 30.5 Å². The summed E-state index contributed by atoms with van der Waals surface area (Å²) in [5.41, 5.74) is 7.28. The van der Waals surface area contributed by atoms with Crippen molar-refractivity contribution in [2.75, 3.05) is 30.3 Å². The third-order valence-corrected chi connectivity index (χ3v) is 2.46. The molecular weight excluding hydrogens is 216 g/mol. The lowest BCUT2D eigenvalue weighted by Gasteiger charge is -2.23. The quantitative estimate of drug-likeness (QED) is 0.798. The number of hydrogen-bond acceptors (Lipinski definition) is 4. The van der Waals surface area contributed by atoms with Crippen LogP contribution in [0.5, 0.6) is 0 Å². The number of pyridine rings is 1. The molecule has 1 aromatic rings. The molecule has 0 bridgehead atoms. The summed E-state index contributed by atoms with van der Waals surface area (Å²) in [4.78, 5) is 17.8. The SMILES string of the molecule is CCNC(=O)CN(CC)c1ncc(N)cc1C. The van der Waals surface area contributed by atoms with Crippen LogP contribution < -0.4 is 16.0 Å². The fraction of sp³-hybridized carbons (Fsp3) is 0.500. The molecule has 94 valence electrons. The monoisotopic (exact) mass is 236 g/mol. The van der Waals surface area contributed by atoms with Gasteiger partial charge in [0, 0.05) is 13.1 Å². The lowest BCUT2D eigenvalue weighted by molar-refractivity contribution is -0.119. The minimum Gasteiger partial charge on any atom is -0.397 e. The molecule has 0 aliphatic rings. The zero-order valence-electron chi connectivity index (χ0n) is 10.7. The number of nitrogen functional groups attached to an aromatic ring is 1. The number of aromatic nitrogens is 1. The number of nitrogens with two attached hydrogens (primary N) is 1. The molecule has 0 radical (unpaired) electrons. The molecule has 5 heteroatoms. The van der Waals surface area contributed by atoms with Gasteiger partial charge in [0.15, 0.2) is 0 Å². The van der Waals surface area contributed by atoms with Crippen molar-refractivity contribution in [2.24, 2.45) is 0 Å². The van der Waals surface area contributed by atoms with Crippen LogP contribution in [-0.2, 0) is 4.79 Å². The molecule has 1 amide bonds. The van der Waals surface area contributed by atoms with E-state index < -0.39 is 0 Å². The Kier molecular flexibility index (Phi) is 4.75. The average Bonchev–Trinajstić information content (AvgIpc) is 2.27. The van der Waals surface area contributed by atoms with Crippen molar-refractivity contribution in [3.05, 3.63) is 17.8 Å². The van der Waals surface area contributed by atoms with E-state index in [0.29, 0.717) is 18.8 Å². The van der Waals surface area contributed by atoms with E-state index in [4.69, 9.17) is 5.73 Å². The summed E-state index contributed by atoms with van der Waals surface area (Å²) in [5.74, 6) is 0.820. The van der Waals surface area contributed by atoms with Crippen LogP contribution in [0.2, 0.25) is 0 Å². The summed E-state index contributed by atoms with van der Waals surface area (Å²) in [6.45, 7) is 7.54. The molecule has 17 heavy (non-hydrogen) atoms. The number of amides is 1. The number of rotatable bonds is 5. The molecular formula is C12H20N4O. The topological polar surface area (TPSA) is 71.2 Å². The van der Waals surface area contributed by atoms with Gasteiger partial charge < -0.3 is 16.0 Å². The molecule has 1 heterocycles. The van der Waals surface area contributed by atoms with Gasteiger partial charge in [0.2, 0.25) is 5.91 Å². The maximum Gasteiger partial charge on any atom is 0.239 e. The Balaban J connectivity index is 2.82. The molecule has 0 aliphatic heterocycles. The van der Waals surface area contributed by atoms with Gasteiger partial charge in [0.05, 0.1) is 18.4 Å². The predicted octanol–water partition coefficient (Wildman–Crippen LogP) is 0.935. The lowest BCUT2D eigenvalue weighted by Crippen LogP contribution is -2.37. The number of nitrogens with zero attached hydrogens (tertiary/aromatic N) is 2. The number of hydrogen-bond donors (Lipinski definition) is 2. The van der Waals surface area contributed by atoms with Crippen LogP contribution in [0.4, 0.5) is 11.5 Å². The first-order valence-electron chi connectivity index (χ1n) is 5.82. The highest BCUT2D eigenvalue weighted by Gasteiger charge is 2.12. The van der Waals surface area contributed by atoms with Crippen molar-refractivity contribution < 1.29 is 4.79 Å². The molecule has 5 nitrogen and oxygen atoms in total. The van der Waals surface area contributed by atoms with Gasteiger partial charge >= 0.3 is 0 Å². The third kappa shape index (κ3) is 3.62. The van der Waals surface area contributed by atoms with E-state index in [2.05, 4.69) is 10.3 Å². The summed E-state index contributed by atoms with van der Waals surface area (Å²) in [5, 5.41) is 2.78. The zero-order chi connectivity index (χ0) is 12.8. The van der Waals surface area contributed by atoms with E-state index >= 15 is 0 Å². The minimum absolute atomic E-state index is 0.00683. The van der Waals surface area contributed by atoms with Crippen molar-refractivity contribution in [2.45, 2.75) is 20.8 Å². The van der Waals surface area contributed by atoms with Gasteiger partial charge in [0.1, 0.15) is 5.82 Å². The summed E-state index contributed by atoms with van der Waals surface area (Å²) in [7, 11) is 0. The van der Waals surface area contributed by atoms with Crippen molar-refractivity contribution in [3.63, 3.8) is 0 Å². The van der Waals surface area contributed by atoms with Gasteiger partial charge in [-0.3, -0.25) is 4.79 Å². The van der Waals surface area contributed by atoms with Gasteiger partial charge in [-0.15, -0.1) is 0 Å². The third-order valence-electron chi connectivity index (χ3n) is 2.46. The van der Waals surface area contributed by atoms with Crippen LogP contribution in [0.15, 0.2) is 12.3 Å². The highest BCUT2D eigenvalue weighted by atomic mass is 16.2. The van der Waals surface area contributed by atoms with Gasteiger partial charge in [0.25, 0.3) is 0 Å². The molecule has 0 fully saturated rings. The molecule has 1 aromatic heterocycles. The van der Waals surface area contributed by atoms with E-state index in [-0.39, 0.29) is 5.91 Å². The van der Waals surface area contributed by atoms with Gasteiger partial charge in [-0.25, -0.2) is 4.98 Å². The summed E-state index contributed by atoms with van der Waals surface area (Å²) in [6.07, 6.45) is 1.61. The highest BCUT2D eigenvalue weighted by molar-refractivity contribution is 5.81. The van der Waals surface area contributed by atoms with Gasteiger partial charge in [-0.1, -0.05) is 0 Å². The number of carbonyl (C=O) groups is 1. The second kappa shape index (κ2) is 6.08. The summed E-state index contributed by atoms with van der Waals surface area (Å²) in [6, 6.07) is 1.86. The van der Waals surface area contributed by atoms with Crippen LogP contribution in [0.25, 0.3) is 0 Å². The summed E-state index contributed by atoms with van der Waals surface area (Å²) < 4.78 is 0. The Hall–Kier alpha value is -1.78. The van der Waals surface area contributed by atoms with Gasteiger partial charge in [-0.05, 0) is 32.4 Å². The first-order valence-corrected chi connectivity index (χ1v) is 5.82. The van der Waals surface area contributed by atoms with Crippen molar-refractivity contribution in [1.29, 1.82) is 0 Å². The molecule has 0 atom stereocenters. The molecule has 0 spiro atoms. The molecule has 0 saturated heterocycles. The maximum absolute atomic E-state index is 11.6. The number of likely N-dealkylation sites (N-methyl/N-ethyl adjacent to an activating group) is 2. The van der Waals surface area contributed by atoms with E-state index in [0.717, 1.165) is 17.9 Å². The standard InChI is InChI=1S/C12H20N4O/c1-4-14-11(17)8-16(5-2)12-9(3)6-10(13)7-15-12/h6-7H,4-5,8,13H2,1-3H3,(H,14,17). The first kappa shape index (κ1) is 13.3. The Bertz CT molecular complexity index is 392. The van der Waals surface area contributed by atoms with Crippen LogP contribution in [0.1, 0.15) is 19.4 Å². The average molecular weight is 236 g/mol. The van der Waals surface area contributed by atoms with Crippen molar-refractivity contribution >= 4 is 17.4 Å². The summed E-state index contributed by atoms with van der Waals surface area (Å²) >= 11 is 0. The Labute approximate surface area is 102 Å². The molecule has 0 unspecified atom stereocenters. The van der Waals surface area contributed by atoms with Crippen molar-refractivity contribution in [1.82, 2.24) is 10.3 Å². The number of nitrogens with one attached hydrogen (secondary N) is 1. The maximum atomic E-state index is 11.6. The van der Waals surface area contributed by atoms with Crippen LogP contribution in [0.3, 0.4) is 0 Å². The van der Waals surface area contributed by atoms with E-state index in [9.17, 15) is 4.79 Å². The fourth-order valence-corrected chi connectivity index (χ4v) is 1.68. The highest BCUT2D eigenvalue weighted by Crippen LogP contribution is 2.18. The minimum atomic E-state index is 0.00683. The van der Waals surface area contributed by atoms with Crippen LogP contribution in [0, 0.1) is 6.92 Å². The molecule has 0 saturated carbocycles.